The number of nitrogens with one attached hydrogen (secondary N) is 1. The molecule has 2 rings (SSSR count). The third-order valence-corrected chi connectivity index (χ3v) is 3.15. The molecule has 0 spiro atoms. The van der Waals surface area contributed by atoms with Gasteiger partial charge in [0, 0.05) is 25.4 Å². The molecule has 0 fully saturated rings. The second kappa shape index (κ2) is 5.27. The number of aryl methyl sites for hydroxylation is 1. The minimum atomic E-state index is -0.472. The second-order valence-corrected chi connectivity index (χ2v) is 4.57. The fourth-order valence-corrected chi connectivity index (χ4v) is 2.08. The first-order valence-electron chi connectivity index (χ1n) is 5.67. The molecule has 1 atom stereocenters. The van der Waals surface area contributed by atoms with Crippen molar-refractivity contribution in [2.24, 2.45) is 7.05 Å². The van der Waals surface area contributed by atoms with Gasteiger partial charge in [0.2, 0.25) is 0 Å². The lowest BCUT2D eigenvalue weighted by atomic mass is 10.2. The lowest BCUT2D eigenvalue weighted by molar-refractivity contribution is -0.384. The zero-order chi connectivity index (χ0) is 14.0. The monoisotopic (exact) mass is 280 g/mol. The van der Waals surface area contributed by atoms with Crippen molar-refractivity contribution in [3.63, 3.8) is 0 Å². The van der Waals surface area contributed by atoms with E-state index in [1.54, 1.807) is 16.9 Å². The molecule has 0 amide bonds. The van der Waals surface area contributed by atoms with Crippen molar-refractivity contribution >= 4 is 23.0 Å². The lowest BCUT2D eigenvalue weighted by Gasteiger charge is -2.16. The average molecular weight is 281 g/mol. The third-order valence-electron chi connectivity index (χ3n) is 2.84. The molecule has 19 heavy (non-hydrogen) atoms. The summed E-state index contributed by atoms with van der Waals surface area (Å²) in [6.07, 6.45) is 1.71. The summed E-state index contributed by atoms with van der Waals surface area (Å²) < 4.78 is 1.76. The van der Waals surface area contributed by atoms with Crippen LogP contribution in [0.5, 0.6) is 0 Å². The second-order valence-electron chi connectivity index (χ2n) is 4.17. The SMILES string of the molecule is CC(Nc1ccc([N+](=O)[O-])cc1Cl)c1ccnn1C. The Morgan fingerprint density at radius 3 is 2.74 bits per heavy atom. The Hall–Kier alpha value is -2.08. The van der Waals surface area contributed by atoms with Gasteiger partial charge in [0.25, 0.3) is 5.69 Å². The highest BCUT2D eigenvalue weighted by molar-refractivity contribution is 6.33. The first-order valence-corrected chi connectivity index (χ1v) is 6.05. The van der Waals surface area contributed by atoms with Crippen LogP contribution >= 0.6 is 11.6 Å². The van der Waals surface area contributed by atoms with Crippen LogP contribution in [0.3, 0.4) is 0 Å². The maximum Gasteiger partial charge on any atom is 0.271 e. The molecule has 7 heteroatoms. The van der Waals surface area contributed by atoms with E-state index in [9.17, 15) is 10.1 Å². The highest BCUT2D eigenvalue weighted by atomic mass is 35.5. The van der Waals surface area contributed by atoms with Crippen molar-refractivity contribution < 1.29 is 4.92 Å². The Morgan fingerprint density at radius 2 is 2.21 bits per heavy atom. The molecular weight excluding hydrogens is 268 g/mol. The van der Waals surface area contributed by atoms with E-state index in [-0.39, 0.29) is 11.7 Å². The van der Waals surface area contributed by atoms with Crippen LogP contribution in [0.4, 0.5) is 11.4 Å². The summed E-state index contributed by atoms with van der Waals surface area (Å²) >= 11 is 6.03. The summed E-state index contributed by atoms with van der Waals surface area (Å²) in [7, 11) is 1.85. The fourth-order valence-electron chi connectivity index (χ4n) is 1.85. The van der Waals surface area contributed by atoms with Crippen LogP contribution in [0.1, 0.15) is 18.7 Å². The lowest BCUT2D eigenvalue weighted by Crippen LogP contribution is -2.11. The molecule has 0 saturated heterocycles. The van der Waals surface area contributed by atoms with Crippen LogP contribution in [-0.4, -0.2) is 14.7 Å². The van der Waals surface area contributed by atoms with Crippen LogP contribution < -0.4 is 5.32 Å². The van der Waals surface area contributed by atoms with E-state index in [1.165, 1.54) is 12.1 Å². The topological polar surface area (TPSA) is 73.0 Å². The summed E-state index contributed by atoms with van der Waals surface area (Å²) in [5.74, 6) is 0. The quantitative estimate of drug-likeness (QED) is 0.690. The predicted molar refractivity (Wildman–Crippen MR) is 73.4 cm³/mol. The van der Waals surface area contributed by atoms with Crippen LogP contribution in [-0.2, 0) is 7.05 Å². The van der Waals surface area contributed by atoms with E-state index in [4.69, 9.17) is 11.6 Å². The van der Waals surface area contributed by atoms with Crippen molar-refractivity contribution in [1.82, 2.24) is 9.78 Å². The summed E-state index contributed by atoms with van der Waals surface area (Å²) in [5.41, 5.74) is 1.62. The first kappa shape index (κ1) is 13.4. The molecular formula is C12H13ClN4O2. The van der Waals surface area contributed by atoms with Gasteiger partial charge in [-0.05, 0) is 19.1 Å². The van der Waals surface area contributed by atoms with E-state index < -0.39 is 4.92 Å². The molecule has 0 aliphatic heterocycles. The Kier molecular flexibility index (Phi) is 3.71. The van der Waals surface area contributed by atoms with Crippen molar-refractivity contribution in [3.05, 3.63) is 51.3 Å². The maximum atomic E-state index is 10.6. The summed E-state index contributed by atoms with van der Waals surface area (Å²) in [4.78, 5) is 10.2. The van der Waals surface area contributed by atoms with E-state index >= 15 is 0 Å². The Balaban J connectivity index is 2.20. The number of anilines is 1. The summed E-state index contributed by atoms with van der Waals surface area (Å²) in [6, 6.07) is 6.25. The molecule has 0 saturated carbocycles. The van der Waals surface area contributed by atoms with Crippen LogP contribution in [0.15, 0.2) is 30.5 Å². The van der Waals surface area contributed by atoms with Gasteiger partial charge in [-0.25, -0.2) is 0 Å². The number of rotatable bonds is 4. The molecule has 1 aromatic heterocycles. The third kappa shape index (κ3) is 2.85. The van der Waals surface area contributed by atoms with Crippen LogP contribution in [0, 0.1) is 10.1 Å². The van der Waals surface area contributed by atoms with Crippen molar-refractivity contribution in [2.75, 3.05) is 5.32 Å². The molecule has 1 unspecified atom stereocenters. The average Bonchev–Trinajstić information content (AvgIpc) is 2.77. The van der Waals surface area contributed by atoms with Gasteiger partial charge in [0.1, 0.15) is 0 Å². The molecule has 0 bridgehead atoms. The highest BCUT2D eigenvalue weighted by Gasteiger charge is 2.13. The molecule has 2 aromatic rings. The highest BCUT2D eigenvalue weighted by Crippen LogP contribution is 2.29. The molecule has 0 radical (unpaired) electrons. The van der Waals surface area contributed by atoms with Gasteiger partial charge < -0.3 is 5.32 Å². The van der Waals surface area contributed by atoms with E-state index in [0.717, 1.165) is 5.69 Å². The summed E-state index contributed by atoms with van der Waals surface area (Å²) in [5, 5.41) is 18.3. The Morgan fingerprint density at radius 1 is 1.47 bits per heavy atom. The summed E-state index contributed by atoms with van der Waals surface area (Å²) in [6.45, 7) is 1.97. The number of hydrogen-bond donors (Lipinski definition) is 1. The number of non-ortho nitro benzene ring substituents is 1. The zero-order valence-corrected chi connectivity index (χ0v) is 11.3. The standard InChI is InChI=1S/C12H13ClN4O2/c1-8(12-5-6-14-16(12)2)15-11-4-3-9(17(18)19)7-10(11)13/h3-8,15H,1-2H3. The minimum absolute atomic E-state index is 0.00791. The van der Waals surface area contributed by atoms with E-state index in [0.29, 0.717) is 10.7 Å². The van der Waals surface area contributed by atoms with Crippen LogP contribution in [0.2, 0.25) is 5.02 Å². The zero-order valence-electron chi connectivity index (χ0n) is 10.5. The molecule has 0 aliphatic rings. The molecule has 1 aromatic carbocycles. The smallest absolute Gasteiger partial charge is 0.271 e. The number of nitro groups is 1. The van der Waals surface area contributed by atoms with Gasteiger partial charge in [-0.1, -0.05) is 11.6 Å². The van der Waals surface area contributed by atoms with Gasteiger partial charge in [-0.3, -0.25) is 14.8 Å². The van der Waals surface area contributed by atoms with Crippen molar-refractivity contribution in [3.8, 4) is 0 Å². The number of benzene rings is 1. The largest absolute Gasteiger partial charge is 0.376 e. The van der Waals surface area contributed by atoms with Gasteiger partial charge in [-0.2, -0.15) is 5.10 Å². The van der Waals surface area contributed by atoms with Gasteiger partial charge >= 0.3 is 0 Å². The number of hydrogen-bond acceptors (Lipinski definition) is 4. The molecule has 0 aliphatic carbocycles. The normalized spacial score (nSPS) is 12.2. The van der Waals surface area contributed by atoms with Crippen LogP contribution in [0.25, 0.3) is 0 Å². The van der Waals surface area contributed by atoms with Gasteiger partial charge in [0.15, 0.2) is 0 Å². The number of nitro benzene ring substituents is 1. The minimum Gasteiger partial charge on any atom is -0.376 e. The number of nitrogens with zero attached hydrogens (tertiary/aromatic N) is 3. The van der Waals surface area contributed by atoms with Crippen molar-refractivity contribution in [2.45, 2.75) is 13.0 Å². The molecule has 1 N–H and O–H groups in total. The first-order chi connectivity index (χ1) is 8.99. The Bertz CT molecular complexity index is 612. The molecule has 1 heterocycles. The van der Waals surface area contributed by atoms with Gasteiger partial charge in [0.05, 0.1) is 27.4 Å². The molecule has 6 nitrogen and oxygen atoms in total. The maximum absolute atomic E-state index is 10.6. The van der Waals surface area contributed by atoms with E-state index in [2.05, 4.69) is 10.4 Å². The number of halogens is 1. The number of aromatic nitrogens is 2. The van der Waals surface area contributed by atoms with E-state index in [1.807, 2.05) is 20.0 Å². The Labute approximate surface area is 115 Å². The van der Waals surface area contributed by atoms with Crippen molar-refractivity contribution in [1.29, 1.82) is 0 Å². The fraction of sp³-hybridized carbons (Fsp3) is 0.250. The molecule has 100 valence electrons. The predicted octanol–water partition coefficient (Wildman–Crippen LogP) is 3.15. The van der Waals surface area contributed by atoms with Gasteiger partial charge in [-0.15, -0.1) is 0 Å².